The van der Waals surface area contributed by atoms with Crippen molar-refractivity contribution in [2.24, 2.45) is 5.73 Å². The van der Waals surface area contributed by atoms with Gasteiger partial charge in [-0.15, -0.1) is 0 Å². The first-order chi connectivity index (χ1) is 7.11. The summed E-state index contributed by atoms with van der Waals surface area (Å²) in [5.41, 5.74) is 5.83. The van der Waals surface area contributed by atoms with E-state index in [2.05, 4.69) is 0 Å². The van der Waals surface area contributed by atoms with Gasteiger partial charge in [0, 0.05) is 0 Å². The van der Waals surface area contributed by atoms with E-state index in [0.29, 0.717) is 22.1 Å². The molecule has 5 heteroatoms. The fourth-order valence-corrected chi connectivity index (χ4v) is 1.65. The van der Waals surface area contributed by atoms with E-state index in [-0.39, 0.29) is 12.6 Å². The van der Waals surface area contributed by atoms with Crippen LogP contribution in [0.5, 0.6) is 11.5 Å². The Bertz CT molecular complexity index is 417. The lowest BCUT2D eigenvalue weighted by Crippen LogP contribution is -2.27. The van der Waals surface area contributed by atoms with E-state index >= 15 is 0 Å². The van der Waals surface area contributed by atoms with E-state index in [9.17, 15) is 4.79 Å². The number of benzene rings is 1. The number of hydrogen-bond donors (Lipinski definition) is 1. The lowest BCUT2D eigenvalue weighted by atomic mass is 10.0. The Balaban J connectivity index is 2.55. The first kappa shape index (κ1) is 10.3. The summed E-state index contributed by atoms with van der Waals surface area (Å²) in [5.74, 6) is 0.676. The average Bonchev–Trinajstić information content (AvgIpc) is 2.64. The number of hydrogen-bond acceptors (Lipinski definition) is 4. The number of fused-ring (bicyclic) bond motifs is 1. The van der Waals surface area contributed by atoms with Crippen LogP contribution in [0.3, 0.4) is 0 Å². The number of rotatable bonds is 2. The molecule has 2 rings (SSSR count). The van der Waals surface area contributed by atoms with Gasteiger partial charge in [0.05, 0.1) is 16.6 Å². The molecule has 2 N–H and O–H groups in total. The van der Waals surface area contributed by atoms with Gasteiger partial charge in [-0.05, 0) is 19.1 Å². The molecule has 0 spiro atoms. The Kier molecular flexibility index (Phi) is 2.54. The second-order valence-corrected chi connectivity index (χ2v) is 3.72. The molecule has 0 bridgehead atoms. The number of Topliss-reactive ketones (excluding diaryl/α,β-unsaturated/α-hetero) is 1. The van der Waals surface area contributed by atoms with Gasteiger partial charge in [-0.3, -0.25) is 4.79 Å². The molecule has 1 aliphatic rings. The molecular weight excluding hydrogens is 218 g/mol. The van der Waals surface area contributed by atoms with Crippen LogP contribution in [-0.4, -0.2) is 18.6 Å². The zero-order chi connectivity index (χ0) is 11.0. The summed E-state index contributed by atoms with van der Waals surface area (Å²) in [6, 6.07) is 2.66. The van der Waals surface area contributed by atoms with Gasteiger partial charge in [0.2, 0.25) is 6.79 Å². The Labute approximate surface area is 91.9 Å². The molecule has 80 valence electrons. The number of ether oxygens (including phenoxy) is 2. The third-order valence-corrected chi connectivity index (χ3v) is 2.46. The molecule has 1 atom stereocenters. The summed E-state index contributed by atoms with van der Waals surface area (Å²) >= 11 is 5.93. The van der Waals surface area contributed by atoms with Crippen molar-refractivity contribution in [2.75, 3.05) is 6.79 Å². The number of ketones is 1. The second-order valence-electron chi connectivity index (χ2n) is 3.31. The van der Waals surface area contributed by atoms with Gasteiger partial charge in [-0.2, -0.15) is 0 Å². The fraction of sp³-hybridized carbons (Fsp3) is 0.300. The summed E-state index contributed by atoms with van der Waals surface area (Å²) in [6.07, 6.45) is 0. The lowest BCUT2D eigenvalue weighted by Gasteiger charge is -2.09. The third-order valence-electron chi connectivity index (χ3n) is 2.15. The van der Waals surface area contributed by atoms with Crippen LogP contribution in [0.4, 0.5) is 0 Å². The molecule has 0 fully saturated rings. The Morgan fingerprint density at radius 2 is 2.27 bits per heavy atom. The topological polar surface area (TPSA) is 61.6 Å². The lowest BCUT2D eigenvalue weighted by molar-refractivity contribution is 0.0963. The van der Waals surface area contributed by atoms with Crippen LogP contribution in [-0.2, 0) is 0 Å². The van der Waals surface area contributed by atoms with Crippen molar-refractivity contribution in [3.05, 3.63) is 22.7 Å². The molecule has 0 saturated carbocycles. The zero-order valence-corrected chi connectivity index (χ0v) is 8.88. The van der Waals surface area contributed by atoms with Crippen LogP contribution in [0, 0.1) is 0 Å². The third kappa shape index (κ3) is 1.66. The predicted molar refractivity (Wildman–Crippen MR) is 55.6 cm³/mol. The summed E-state index contributed by atoms with van der Waals surface area (Å²) in [5, 5.41) is 0.335. The number of carbonyl (C=O) groups is 1. The fourth-order valence-electron chi connectivity index (χ4n) is 1.41. The normalized spacial score (nSPS) is 15.1. The molecule has 0 amide bonds. The van der Waals surface area contributed by atoms with E-state index in [0.717, 1.165) is 0 Å². The molecule has 0 radical (unpaired) electrons. The predicted octanol–water partition coefficient (Wildman–Crippen LogP) is 1.60. The van der Waals surface area contributed by atoms with Crippen LogP contribution in [0.25, 0.3) is 0 Å². The van der Waals surface area contributed by atoms with E-state index in [4.69, 9.17) is 26.8 Å². The Hall–Kier alpha value is -1.26. The van der Waals surface area contributed by atoms with Gasteiger partial charge in [-0.25, -0.2) is 0 Å². The van der Waals surface area contributed by atoms with Gasteiger partial charge in [0.1, 0.15) is 0 Å². The van der Waals surface area contributed by atoms with Crippen molar-refractivity contribution in [1.82, 2.24) is 0 Å². The first-order valence-corrected chi connectivity index (χ1v) is 4.87. The van der Waals surface area contributed by atoms with Crippen LogP contribution in [0.2, 0.25) is 5.02 Å². The molecular formula is C10H10ClNO3. The van der Waals surface area contributed by atoms with Crippen LogP contribution >= 0.6 is 11.6 Å². The summed E-state index contributed by atoms with van der Waals surface area (Å²) in [7, 11) is 0. The monoisotopic (exact) mass is 227 g/mol. The van der Waals surface area contributed by atoms with Gasteiger partial charge < -0.3 is 15.2 Å². The minimum absolute atomic E-state index is 0.106. The summed E-state index contributed by atoms with van der Waals surface area (Å²) in [4.78, 5) is 11.8. The zero-order valence-electron chi connectivity index (χ0n) is 8.12. The molecule has 15 heavy (non-hydrogen) atoms. The smallest absolute Gasteiger partial charge is 0.231 e. The Morgan fingerprint density at radius 3 is 2.93 bits per heavy atom. The van der Waals surface area contributed by atoms with E-state index in [1.165, 1.54) is 0 Å². The molecule has 1 aromatic carbocycles. The quantitative estimate of drug-likeness (QED) is 0.780. The highest BCUT2D eigenvalue weighted by Gasteiger charge is 2.26. The maximum Gasteiger partial charge on any atom is 0.231 e. The van der Waals surface area contributed by atoms with Crippen LogP contribution in [0.1, 0.15) is 17.3 Å². The van der Waals surface area contributed by atoms with Crippen molar-refractivity contribution in [3.8, 4) is 11.5 Å². The van der Waals surface area contributed by atoms with Crippen molar-refractivity contribution < 1.29 is 14.3 Å². The van der Waals surface area contributed by atoms with Crippen LogP contribution in [0.15, 0.2) is 12.1 Å². The molecule has 1 aliphatic heterocycles. The highest BCUT2D eigenvalue weighted by Crippen LogP contribution is 2.39. The molecule has 1 aromatic rings. The highest BCUT2D eigenvalue weighted by atomic mass is 35.5. The standard InChI is InChI=1S/C10H10ClNO3/c1-5(12)9(13)8-6(11)2-3-7-10(8)15-4-14-7/h2-3,5H,4,12H2,1H3. The number of halogens is 1. The first-order valence-electron chi connectivity index (χ1n) is 4.49. The Morgan fingerprint density at radius 1 is 1.53 bits per heavy atom. The molecule has 4 nitrogen and oxygen atoms in total. The average molecular weight is 228 g/mol. The van der Waals surface area contributed by atoms with E-state index < -0.39 is 6.04 Å². The second kappa shape index (κ2) is 3.72. The van der Waals surface area contributed by atoms with Gasteiger partial charge >= 0.3 is 0 Å². The summed E-state index contributed by atoms with van der Waals surface area (Å²) in [6.45, 7) is 1.71. The largest absolute Gasteiger partial charge is 0.454 e. The molecule has 1 heterocycles. The minimum Gasteiger partial charge on any atom is -0.454 e. The maximum atomic E-state index is 11.8. The van der Waals surface area contributed by atoms with Crippen molar-refractivity contribution in [2.45, 2.75) is 13.0 Å². The molecule has 0 saturated heterocycles. The van der Waals surface area contributed by atoms with Crippen molar-refractivity contribution >= 4 is 17.4 Å². The maximum absolute atomic E-state index is 11.8. The van der Waals surface area contributed by atoms with Crippen molar-refractivity contribution in [3.63, 3.8) is 0 Å². The van der Waals surface area contributed by atoms with E-state index in [1.54, 1.807) is 19.1 Å². The number of carbonyl (C=O) groups excluding carboxylic acids is 1. The SMILES string of the molecule is CC(N)C(=O)c1c(Cl)ccc2c1OCO2. The molecule has 0 aromatic heterocycles. The van der Waals surface area contributed by atoms with Gasteiger partial charge in [0.25, 0.3) is 0 Å². The van der Waals surface area contributed by atoms with Crippen molar-refractivity contribution in [1.29, 1.82) is 0 Å². The highest BCUT2D eigenvalue weighted by molar-refractivity contribution is 6.34. The minimum atomic E-state index is -0.613. The summed E-state index contributed by atoms with van der Waals surface area (Å²) < 4.78 is 10.3. The molecule has 1 unspecified atom stereocenters. The number of nitrogens with two attached hydrogens (primary N) is 1. The molecule has 0 aliphatic carbocycles. The van der Waals surface area contributed by atoms with Gasteiger partial charge in [-0.1, -0.05) is 11.6 Å². The van der Waals surface area contributed by atoms with Gasteiger partial charge in [0.15, 0.2) is 17.3 Å². The van der Waals surface area contributed by atoms with E-state index in [1.807, 2.05) is 0 Å². The van der Waals surface area contributed by atoms with Crippen LogP contribution < -0.4 is 15.2 Å².